The molecule has 0 N–H and O–H groups in total. The number of hydrogen-bond acceptors (Lipinski definition) is 4. The van der Waals surface area contributed by atoms with Gasteiger partial charge in [0.15, 0.2) is 9.84 Å². The third-order valence-electron chi connectivity index (χ3n) is 2.68. The molecule has 0 saturated heterocycles. The van der Waals surface area contributed by atoms with Crippen molar-refractivity contribution < 1.29 is 13.2 Å². The van der Waals surface area contributed by atoms with Crippen LogP contribution in [0.1, 0.15) is 25.8 Å². The van der Waals surface area contributed by atoms with E-state index in [1.165, 1.54) is 24.3 Å². The predicted octanol–water partition coefficient (Wildman–Crippen LogP) is 2.39. The Bertz CT molecular complexity index is 527. The highest BCUT2D eigenvalue weighted by Crippen LogP contribution is 2.12. The maximum absolute atomic E-state index is 12.0. The van der Waals surface area contributed by atoms with Gasteiger partial charge in [0.05, 0.1) is 28.9 Å². The van der Waals surface area contributed by atoms with E-state index in [1.54, 1.807) is 0 Å². The van der Waals surface area contributed by atoms with E-state index in [9.17, 15) is 8.42 Å². The maximum Gasteiger partial charge on any atom is 0.180 e. The molecule has 0 aliphatic rings. The van der Waals surface area contributed by atoms with Crippen LogP contribution in [0.2, 0.25) is 0 Å². The number of nitriles is 1. The summed E-state index contributed by atoms with van der Waals surface area (Å²) in [5, 5.41) is 8.66. The molecule has 1 aromatic carbocycles. The lowest BCUT2D eigenvalue weighted by molar-refractivity contribution is 0.137. The Morgan fingerprint density at radius 3 is 2.37 bits per heavy atom. The molecule has 0 saturated carbocycles. The third kappa shape index (κ3) is 5.41. The Balaban J connectivity index is 2.49. The minimum absolute atomic E-state index is 0.0308. The molecular weight excluding hydrogens is 262 g/mol. The molecule has 0 amide bonds. The quantitative estimate of drug-likeness (QED) is 0.720. The molecule has 0 fully saturated rings. The Morgan fingerprint density at radius 2 is 1.84 bits per heavy atom. The average Bonchev–Trinajstić information content (AvgIpc) is 2.38. The second kappa shape index (κ2) is 7.27. The number of benzene rings is 1. The molecule has 19 heavy (non-hydrogen) atoms. The summed E-state index contributed by atoms with van der Waals surface area (Å²) in [4.78, 5) is 0.235. The minimum Gasteiger partial charge on any atom is -0.380 e. The van der Waals surface area contributed by atoms with Gasteiger partial charge in [-0.3, -0.25) is 0 Å². The molecule has 4 nitrogen and oxygen atoms in total. The van der Waals surface area contributed by atoms with Crippen molar-refractivity contribution in [3.05, 3.63) is 29.8 Å². The van der Waals surface area contributed by atoms with Crippen LogP contribution in [0.4, 0.5) is 0 Å². The standard InChI is InChI=1S/C14H19NO3S/c1-12(2)7-8-18-9-10-19(16,17)14-5-3-13(11-15)4-6-14/h3-6,12H,7-10H2,1-2H3. The number of hydrogen-bond donors (Lipinski definition) is 0. The summed E-state index contributed by atoms with van der Waals surface area (Å²) in [6.45, 7) is 4.98. The molecule has 0 unspecified atom stereocenters. The summed E-state index contributed by atoms with van der Waals surface area (Å²) < 4.78 is 29.2. The fraction of sp³-hybridized carbons (Fsp3) is 0.500. The minimum atomic E-state index is -3.32. The number of ether oxygens (including phenoxy) is 1. The second-order valence-corrected chi connectivity index (χ2v) is 6.86. The molecule has 1 rings (SSSR count). The van der Waals surface area contributed by atoms with Crippen LogP contribution >= 0.6 is 0 Å². The molecule has 0 aromatic heterocycles. The first-order chi connectivity index (χ1) is 8.95. The Hall–Kier alpha value is -1.38. The van der Waals surface area contributed by atoms with E-state index in [0.29, 0.717) is 18.1 Å². The van der Waals surface area contributed by atoms with Crippen molar-refractivity contribution in [1.82, 2.24) is 0 Å². The van der Waals surface area contributed by atoms with Crippen LogP contribution in [-0.4, -0.2) is 27.4 Å². The summed E-state index contributed by atoms with van der Waals surface area (Å²) >= 11 is 0. The van der Waals surface area contributed by atoms with E-state index >= 15 is 0 Å². The summed E-state index contributed by atoms with van der Waals surface area (Å²) in [6, 6.07) is 7.89. The van der Waals surface area contributed by atoms with E-state index in [1.807, 2.05) is 6.07 Å². The maximum atomic E-state index is 12.0. The molecular formula is C14H19NO3S. The molecule has 0 heterocycles. The molecule has 0 aliphatic carbocycles. The molecule has 5 heteroatoms. The van der Waals surface area contributed by atoms with Crippen LogP contribution in [0.15, 0.2) is 29.2 Å². The van der Waals surface area contributed by atoms with Gasteiger partial charge in [-0.2, -0.15) is 5.26 Å². The van der Waals surface area contributed by atoms with Crippen molar-refractivity contribution in [2.45, 2.75) is 25.2 Å². The van der Waals surface area contributed by atoms with Gasteiger partial charge < -0.3 is 4.74 Å². The number of rotatable bonds is 7. The van der Waals surface area contributed by atoms with Gasteiger partial charge in [0.1, 0.15) is 0 Å². The topological polar surface area (TPSA) is 67.2 Å². The molecule has 0 radical (unpaired) electrons. The Labute approximate surface area is 114 Å². The van der Waals surface area contributed by atoms with E-state index in [-0.39, 0.29) is 17.3 Å². The third-order valence-corrected chi connectivity index (χ3v) is 4.37. The van der Waals surface area contributed by atoms with Gasteiger partial charge in [-0.05, 0) is 36.6 Å². The lowest BCUT2D eigenvalue weighted by Gasteiger charge is -2.07. The first kappa shape index (κ1) is 15.7. The first-order valence-electron chi connectivity index (χ1n) is 6.26. The van der Waals surface area contributed by atoms with Crippen molar-refractivity contribution in [2.75, 3.05) is 19.0 Å². The average molecular weight is 281 g/mol. The van der Waals surface area contributed by atoms with E-state index in [0.717, 1.165) is 6.42 Å². The second-order valence-electron chi connectivity index (χ2n) is 4.75. The Morgan fingerprint density at radius 1 is 1.21 bits per heavy atom. The lowest BCUT2D eigenvalue weighted by atomic mass is 10.1. The monoisotopic (exact) mass is 281 g/mol. The van der Waals surface area contributed by atoms with Crippen molar-refractivity contribution in [3.8, 4) is 6.07 Å². The van der Waals surface area contributed by atoms with E-state index in [4.69, 9.17) is 10.00 Å². The fourth-order valence-electron chi connectivity index (χ4n) is 1.44. The van der Waals surface area contributed by atoms with Crippen LogP contribution in [-0.2, 0) is 14.6 Å². The molecule has 0 atom stereocenters. The molecule has 104 valence electrons. The summed E-state index contributed by atoms with van der Waals surface area (Å²) in [7, 11) is -3.32. The van der Waals surface area contributed by atoms with Crippen molar-refractivity contribution in [3.63, 3.8) is 0 Å². The fourth-order valence-corrected chi connectivity index (χ4v) is 2.57. The predicted molar refractivity (Wildman–Crippen MR) is 73.5 cm³/mol. The molecule has 0 aliphatic heterocycles. The van der Waals surface area contributed by atoms with Gasteiger partial charge in [0.2, 0.25) is 0 Å². The Kier molecular flexibility index (Phi) is 6.00. The first-order valence-corrected chi connectivity index (χ1v) is 7.91. The SMILES string of the molecule is CC(C)CCOCCS(=O)(=O)c1ccc(C#N)cc1. The normalized spacial score (nSPS) is 11.5. The molecule has 0 bridgehead atoms. The van der Waals surface area contributed by atoms with Crippen molar-refractivity contribution in [1.29, 1.82) is 5.26 Å². The van der Waals surface area contributed by atoms with E-state index < -0.39 is 9.84 Å². The zero-order chi connectivity index (χ0) is 14.3. The van der Waals surface area contributed by atoms with Crippen LogP contribution in [0, 0.1) is 17.2 Å². The zero-order valence-electron chi connectivity index (χ0n) is 11.3. The largest absolute Gasteiger partial charge is 0.380 e. The van der Waals surface area contributed by atoms with Gasteiger partial charge in [-0.15, -0.1) is 0 Å². The van der Waals surface area contributed by atoms with Gasteiger partial charge in [-0.1, -0.05) is 13.8 Å². The number of nitrogens with zero attached hydrogens (tertiary/aromatic N) is 1. The summed E-state index contributed by atoms with van der Waals surface area (Å²) in [5.41, 5.74) is 0.451. The van der Waals surface area contributed by atoms with Crippen LogP contribution in [0.5, 0.6) is 0 Å². The van der Waals surface area contributed by atoms with Gasteiger partial charge in [-0.25, -0.2) is 8.42 Å². The van der Waals surface area contributed by atoms with Gasteiger partial charge in [0, 0.05) is 6.61 Å². The summed E-state index contributed by atoms with van der Waals surface area (Å²) in [6.07, 6.45) is 0.927. The lowest BCUT2D eigenvalue weighted by Crippen LogP contribution is -2.13. The van der Waals surface area contributed by atoms with E-state index in [2.05, 4.69) is 13.8 Å². The smallest absolute Gasteiger partial charge is 0.180 e. The number of sulfone groups is 1. The van der Waals surface area contributed by atoms with Gasteiger partial charge >= 0.3 is 0 Å². The molecule has 0 spiro atoms. The molecule has 1 aromatic rings. The zero-order valence-corrected chi connectivity index (χ0v) is 12.1. The van der Waals surface area contributed by atoms with Crippen LogP contribution < -0.4 is 0 Å². The highest BCUT2D eigenvalue weighted by Gasteiger charge is 2.14. The summed E-state index contributed by atoms with van der Waals surface area (Å²) in [5.74, 6) is 0.520. The highest BCUT2D eigenvalue weighted by atomic mass is 32.2. The van der Waals surface area contributed by atoms with Crippen molar-refractivity contribution >= 4 is 9.84 Å². The van der Waals surface area contributed by atoms with Crippen molar-refractivity contribution in [2.24, 2.45) is 5.92 Å². The highest BCUT2D eigenvalue weighted by molar-refractivity contribution is 7.91. The van der Waals surface area contributed by atoms with Gasteiger partial charge in [0.25, 0.3) is 0 Å². The van der Waals surface area contributed by atoms with Crippen LogP contribution in [0.3, 0.4) is 0 Å². The van der Waals surface area contributed by atoms with Crippen LogP contribution in [0.25, 0.3) is 0 Å².